The molecule has 138 valence electrons. The zero-order valence-electron chi connectivity index (χ0n) is 16.1. The first-order chi connectivity index (χ1) is 13.0. The van der Waals surface area contributed by atoms with Gasteiger partial charge in [-0.15, -0.1) is 0 Å². The third kappa shape index (κ3) is 4.44. The zero-order chi connectivity index (χ0) is 19.4. The maximum Gasteiger partial charge on any atom is 0.191 e. The van der Waals surface area contributed by atoms with E-state index >= 15 is 0 Å². The summed E-state index contributed by atoms with van der Waals surface area (Å²) in [7, 11) is 0. The molecule has 0 saturated carbocycles. The molecule has 0 bridgehead atoms. The summed E-state index contributed by atoms with van der Waals surface area (Å²) in [5.74, 6) is 0. The number of aryl methyl sites for hydroxylation is 3. The second-order valence-corrected chi connectivity index (χ2v) is 7.03. The third-order valence-electron chi connectivity index (χ3n) is 4.62. The van der Waals surface area contributed by atoms with Crippen LogP contribution in [0, 0.1) is 27.7 Å². The molecule has 1 heterocycles. The zero-order valence-corrected chi connectivity index (χ0v) is 16.9. The Morgan fingerprint density at radius 1 is 0.963 bits per heavy atom. The van der Waals surface area contributed by atoms with Gasteiger partial charge >= 0.3 is 0 Å². The molecule has 0 aliphatic carbocycles. The highest BCUT2D eigenvalue weighted by molar-refractivity contribution is 7.80. The highest BCUT2D eigenvalue weighted by atomic mass is 32.1. The fourth-order valence-electron chi connectivity index (χ4n) is 3.02. The van der Waals surface area contributed by atoms with Crippen molar-refractivity contribution in [1.82, 2.24) is 9.99 Å². The molecule has 2 aromatic carbocycles. The maximum absolute atomic E-state index is 5.28. The summed E-state index contributed by atoms with van der Waals surface area (Å²) >= 11 is 5.28. The summed E-state index contributed by atoms with van der Waals surface area (Å²) in [5.41, 5.74) is 10.9. The van der Waals surface area contributed by atoms with Crippen molar-refractivity contribution in [1.29, 1.82) is 0 Å². The predicted octanol–water partition coefficient (Wildman–Crippen LogP) is 5.03. The van der Waals surface area contributed by atoms with Gasteiger partial charge < -0.3 is 9.88 Å². The average Bonchev–Trinajstić information content (AvgIpc) is 2.92. The van der Waals surface area contributed by atoms with E-state index in [9.17, 15) is 0 Å². The minimum absolute atomic E-state index is 0.459. The van der Waals surface area contributed by atoms with Crippen LogP contribution in [-0.4, -0.2) is 15.9 Å². The molecule has 27 heavy (non-hydrogen) atoms. The predicted molar refractivity (Wildman–Crippen MR) is 118 cm³/mol. The van der Waals surface area contributed by atoms with E-state index in [4.69, 9.17) is 12.2 Å². The van der Waals surface area contributed by atoms with Gasteiger partial charge in [-0.1, -0.05) is 24.3 Å². The number of nitrogens with zero attached hydrogens (tertiary/aromatic N) is 2. The average molecular weight is 377 g/mol. The Balaban J connectivity index is 1.73. The molecule has 4 nitrogen and oxygen atoms in total. The summed E-state index contributed by atoms with van der Waals surface area (Å²) in [5, 5.41) is 7.84. The van der Waals surface area contributed by atoms with E-state index in [1.54, 1.807) is 6.21 Å². The van der Waals surface area contributed by atoms with E-state index in [1.165, 1.54) is 22.5 Å². The molecule has 0 fully saturated rings. The smallest absolute Gasteiger partial charge is 0.191 e. The lowest BCUT2D eigenvalue weighted by atomic mass is 10.1. The van der Waals surface area contributed by atoms with Crippen LogP contribution in [0.5, 0.6) is 0 Å². The molecule has 3 aromatic rings. The van der Waals surface area contributed by atoms with Gasteiger partial charge in [0.15, 0.2) is 5.11 Å². The Bertz CT molecular complexity index is 987. The summed E-state index contributed by atoms with van der Waals surface area (Å²) < 4.78 is 2.24. The molecule has 0 aliphatic rings. The first-order valence-corrected chi connectivity index (χ1v) is 9.28. The number of hydrazone groups is 1. The topological polar surface area (TPSA) is 41.4 Å². The Morgan fingerprint density at radius 2 is 1.70 bits per heavy atom. The number of anilines is 1. The van der Waals surface area contributed by atoms with Gasteiger partial charge in [0.25, 0.3) is 0 Å². The summed E-state index contributed by atoms with van der Waals surface area (Å²) in [4.78, 5) is 0. The number of benzene rings is 2. The highest BCUT2D eigenvalue weighted by Gasteiger charge is 2.10. The van der Waals surface area contributed by atoms with E-state index in [0.717, 1.165) is 16.9 Å². The van der Waals surface area contributed by atoms with Gasteiger partial charge in [-0.2, -0.15) is 5.10 Å². The lowest BCUT2D eigenvalue weighted by Crippen LogP contribution is -2.23. The van der Waals surface area contributed by atoms with E-state index < -0.39 is 0 Å². The van der Waals surface area contributed by atoms with Crippen LogP contribution in [0.2, 0.25) is 0 Å². The van der Waals surface area contributed by atoms with Crippen LogP contribution in [0.25, 0.3) is 5.69 Å². The van der Waals surface area contributed by atoms with E-state index in [-0.39, 0.29) is 0 Å². The maximum atomic E-state index is 5.28. The normalized spacial score (nSPS) is 11.0. The van der Waals surface area contributed by atoms with Gasteiger partial charge in [-0.25, -0.2) is 0 Å². The van der Waals surface area contributed by atoms with Crippen molar-refractivity contribution in [2.45, 2.75) is 27.7 Å². The van der Waals surface area contributed by atoms with Crippen molar-refractivity contribution in [3.63, 3.8) is 0 Å². The molecule has 2 N–H and O–H groups in total. The van der Waals surface area contributed by atoms with Crippen molar-refractivity contribution in [3.05, 3.63) is 82.7 Å². The Morgan fingerprint density at radius 3 is 2.41 bits per heavy atom. The second kappa shape index (κ2) is 8.18. The lowest BCUT2D eigenvalue weighted by Gasteiger charge is -2.11. The minimum Gasteiger partial charge on any atom is -0.331 e. The summed E-state index contributed by atoms with van der Waals surface area (Å²) in [6.07, 6.45) is 1.80. The molecule has 5 heteroatoms. The summed E-state index contributed by atoms with van der Waals surface area (Å²) in [6, 6.07) is 18.4. The standard InChI is InChI=1S/C22H24N4S/c1-15-10-11-21(12-16(15)2)26-17(3)13-19(18(26)4)14-23-25-22(27)24-20-8-6-5-7-9-20/h5-14H,1-4H3,(H2,24,25,27)/b23-14-. The van der Waals surface area contributed by atoms with E-state index in [0.29, 0.717) is 5.11 Å². The molecule has 3 rings (SSSR count). The van der Waals surface area contributed by atoms with Crippen LogP contribution >= 0.6 is 12.2 Å². The van der Waals surface area contributed by atoms with Gasteiger partial charge in [-0.05, 0) is 81.4 Å². The lowest BCUT2D eigenvalue weighted by molar-refractivity contribution is 0.960. The van der Waals surface area contributed by atoms with Crippen LogP contribution < -0.4 is 10.7 Å². The van der Waals surface area contributed by atoms with Gasteiger partial charge in [-0.3, -0.25) is 5.43 Å². The molecule has 0 aliphatic heterocycles. The second-order valence-electron chi connectivity index (χ2n) is 6.62. The van der Waals surface area contributed by atoms with Gasteiger partial charge in [0.1, 0.15) is 0 Å². The first-order valence-electron chi connectivity index (χ1n) is 8.87. The van der Waals surface area contributed by atoms with E-state index in [2.05, 4.69) is 72.4 Å². The molecule has 0 amide bonds. The number of hydrogen-bond donors (Lipinski definition) is 2. The number of aromatic nitrogens is 1. The van der Waals surface area contributed by atoms with Crippen LogP contribution in [0.15, 0.2) is 59.7 Å². The molecule has 0 atom stereocenters. The van der Waals surface area contributed by atoms with Crippen LogP contribution in [0.1, 0.15) is 28.1 Å². The van der Waals surface area contributed by atoms with Gasteiger partial charge in [0, 0.05) is 28.3 Å². The minimum atomic E-state index is 0.459. The van der Waals surface area contributed by atoms with Crippen molar-refractivity contribution in [2.24, 2.45) is 5.10 Å². The molecule has 1 aromatic heterocycles. The largest absolute Gasteiger partial charge is 0.331 e. The monoisotopic (exact) mass is 376 g/mol. The Kier molecular flexibility index (Phi) is 5.72. The summed E-state index contributed by atoms with van der Waals surface area (Å²) in [6.45, 7) is 8.48. The van der Waals surface area contributed by atoms with Gasteiger partial charge in [0.2, 0.25) is 0 Å². The SMILES string of the molecule is Cc1ccc(-n2c(C)cc(/C=N\NC(=S)Nc3ccccc3)c2C)cc1C. The fraction of sp³-hybridized carbons (Fsp3) is 0.182. The van der Waals surface area contributed by atoms with E-state index in [1.807, 2.05) is 30.3 Å². The first kappa shape index (κ1) is 18.9. The van der Waals surface area contributed by atoms with Crippen molar-refractivity contribution >= 4 is 29.2 Å². The number of thiocarbonyl (C=S) groups is 1. The Labute approximate surface area is 165 Å². The van der Waals surface area contributed by atoms with Crippen LogP contribution in [0.4, 0.5) is 5.69 Å². The molecular formula is C22H24N4S. The molecule has 0 radical (unpaired) electrons. The highest BCUT2D eigenvalue weighted by Crippen LogP contribution is 2.21. The van der Waals surface area contributed by atoms with Crippen LogP contribution in [0.3, 0.4) is 0 Å². The fourth-order valence-corrected chi connectivity index (χ4v) is 3.19. The van der Waals surface area contributed by atoms with Gasteiger partial charge in [0.05, 0.1) is 6.21 Å². The number of nitrogens with one attached hydrogen (secondary N) is 2. The number of rotatable bonds is 4. The molecule has 0 spiro atoms. The number of hydrogen-bond acceptors (Lipinski definition) is 2. The third-order valence-corrected chi connectivity index (χ3v) is 4.81. The molecular weight excluding hydrogens is 352 g/mol. The molecule has 0 saturated heterocycles. The molecule has 0 unspecified atom stereocenters. The van der Waals surface area contributed by atoms with Crippen molar-refractivity contribution in [2.75, 3.05) is 5.32 Å². The number of para-hydroxylation sites is 1. The quantitative estimate of drug-likeness (QED) is 0.381. The Hall–Kier alpha value is -2.92. The van der Waals surface area contributed by atoms with Crippen LogP contribution in [-0.2, 0) is 0 Å². The van der Waals surface area contributed by atoms with Crippen molar-refractivity contribution < 1.29 is 0 Å². The van der Waals surface area contributed by atoms with Crippen molar-refractivity contribution in [3.8, 4) is 5.69 Å².